The molecule has 0 spiro atoms. The van der Waals surface area contributed by atoms with E-state index >= 15 is 0 Å². The topological polar surface area (TPSA) is 63.0 Å². The second-order valence-electron chi connectivity index (χ2n) is 6.71. The molecule has 2 aliphatic rings. The molecular weight excluding hydrogens is 308 g/mol. The van der Waals surface area contributed by atoms with Crippen LogP contribution in [0.1, 0.15) is 49.1 Å². The van der Waals surface area contributed by atoms with Gasteiger partial charge < -0.3 is 19.0 Å². The van der Waals surface area contributed by atoms with E-state index < -0.39 is 0 Å². The van der Waals surface area contributed by atoms with Crippen molar-refractivity contribution in [3.05, 3.63) is 17.9 Å². The Bertz CT molecular complexity index is 577. The van der Waals surface area contributed by atoms with Gasteiger partial charge in [0.15, 0.2) is 5.76 Å². The van der Waals surface area contributed by atoms with Crippen LogP contribution in [0, 0.1) is 5.92 Å². The van der Waals surface area contributed by atoms with Gasteiger partial charge in [0.1, 0.15) is 0 Å². The molecule has 24 heavy (non-hydrogen) atoms. The number of hydrogen-bond donors (Lipinski definition) is 0. The lowest BCUT2D eigenvalue weighted by Gasteiger charge is -2.32. The van der Waals surface area contributed by atoms with E-state index in [-0.39, 0.29) is 11.8 Å². The molecule has 1 aromatic heterocycles. The van der Waals surface area contributed by atoms with Crippen molar-refractivity contribution >= 4 is 11.8 Å². The molecule has 3 rings (SSSR count). The molecule has 0 saturated carbocycles. The van der Waals surface area contributed by atoms with Gasteiger partial charge in [-0.05, 0) is 44.1 Å². The molecule has 2 aliphatic heterocycles. The lowest BCUT2D eigenvalue weighted by atomic mass is 9.93. The number of furan rings is 1. The third-order valence-electron chi connectivity index (χ3n) is 5.02. The third kappa shape index (κ3) is 3.91. The van der Waals surface area contributed by atoms with Gasteiger partial charge in [0, 0.05) is 38.7 Å². The maximum absolute atomic E-state index is 12.5. The van der Waals surface area contributed by atoms with Crippen molar-refractivity contribution in [2.24, 2.45) is 5.92 Å². The van der Waals surface area contributed by atoms with Crippen molar-refractivity contribution in [2.75, 3.05) is 33.3 Å². The number of likely N-dealkylation sites (tertiary alicyclic amines) is 2. The molecule has 0 aliphatic carbocycles. The lowest BCUT2D eigenvalue weighted by Crippen LogP contribution is -2.40. The van der Waals surface area contributed by atoms with Crippen molar-refractivity contribution in [2.45, 2.75) is 38.5 Å². The number of amides is 2. The minimum absolute atomic E-state index is 0.0890. The van der Waals surface area contributed by atoms with Crippen LogP contribution in [-0.2, 0) is 4.79 Å². The Morgan fingerprint density at radius 2 is 1.92 bits per heavy atom. The van der Waals surface area contributed by atoms with Gasteiger partial charge in [-0.15, -0.1) is 0 Å². The monoisotopic (exact) mass is 334 g/mol. The highest BCUT2D eigenvalue weighted by Crippen LogP contribution is 2.25. The fraction of sp³-hybridized carbons (Fsp3) is 0.667. The lowest BCUT2D eigenvalue weighted by molar-refractivity contribution is -0.130. The minimum Gasteiger partial charge on any atom is -0.468 e. The normalized spacial score (nSPS) is 21.1. The summed E-state index contributed by atoms with van der Waals surface area (Å²) >= 11 is 0. The Hall–Kier alpha value is -1.98. The van der Waals surface area contributed by atoms with Gasteiger partial charge >= 0.3 is 0 Å². The highest BCUT2D eigenvalue weighted by Gasteiger charge is 2.27. The summed E-state index contributed by atoms with van der Waals surface area (Å²) < 4.78 is 10.4. The molecule has 1 atom stereocenters. The number of hydrogen-bond acceptors (Lipinski definition) is 4. The van der Waals surface area contributed by atoms with Crippen molar-refractivity contribution in [3.63, 3.8) is 0 Å². The molecule has 2 fully saturated rings. The molecule has 1 aromatic rings. The molecule has 0 radical (unpaired) electrons. The predicted octanol–water partition coefficient (Wildman–Crippen LogP) is 2.54. The number of rotatable bonds is 5. The van der Waals surface area contributed by atoms with E-state index in [0.717, 1.165) is 51.7 Å². The second kappa shape index (κ2) is 7.73. The van der Waals surface area contributed by atoms with Crippen LogP contribution in [0.5, 0.6) is 5.95 Å². The van der Waals surface area contributed by atoms with Crippen LogP contribution in [-0.4, -0.2) is 54.9 Å². The first-order chi connectivity index (χ1) is 11.7. The maximum atomic E-state index is 12.5. The van der Waals surface area contributed by atoms with E-state index in [9.17, 15) is 9.59 Å². The Morgan fingerprint density at radius 1 is 1.17 bits per heavy atom. The molecule has 0 N–H and O–H groups in total. The van der Waals surface area contributed by atoms with Gasteiger partial charge in [-0.25, -0.2) is 0 Å². The Morgan fingerprint density at radius 3 is 2.62 bits per heavy atom. The highest BCUT2D eigenvalue weighted by molar-refractivity contribution is 5.91. The summed E-state index contributed by atoms with van der Waals surface area (Å²) in [5.41, 5.74) is 0. The average molecular weight is 334 g/mol. The molecular formula is C18H26N2O4. The smallest absolute Gasteiger partial charge is 0.289 e. The van der Waals surface area contributed by atoms with Gasteiger partial charge in [-0.3, -0.25) is 9.59 Å². The summed E-state index contributed by atoms with van der Waals surface area (Å²) in [5, 5.41) is 0. The fourth-order valence-corrected chi connectivity index (χ4v) is 3.64. The number of ether oxygens (including phenoxy) is 1. The minimum atomic E-state index is -0.0890. The number of methoxy groups -OCH3 is 1. The fourth-order valence-electron chi connectivity index (χ4n) is 3.64. The van der Waals surface area contributed by atoms with Gasteiger partial charge in [-0.1, -0.05) is 0 Å². The SMILES string of the molecule is COc1ccc(C(=O)N2CCC[C@@H](CCC(=O)N3CCCC3)C2)o1. The van der Waals surface area contributed by atoms with E-state index in [1.165, 1.54) is 7.11 Å². The molecule has 6 nitrogen and oxygen atoms in total. The summed E-state index contributed by atoms with van der Waals surface area (Å²) in [5.74, 6) is 1.25. The standard InChI is InChI=1S/C18H26N2O4/c1-23-17-9-7-15(24-17)18(22)20-12-4-5-14(13-20)6-8-16(21)19-10-2-3-11-19/h7,9,14H,2-6,8,10-13H2,1H3/t14-/m0/s1. The molecule has 0 bridgehead atoms. The van der Waals surface area contributed by atoms with Crippen LogP contribution in [0.15, 0.2) is 16.5 Å². The Kier molecular flexibility index (Phi) is 5.43. The van der Waals surface area contributed by atoms with Crippen LogP contribution >= 0.6 is 0 Å². The quantitative estimate of drug-likeness (QED) is 0.830. The molecule has 0 unspecified atom stereocenters. The van der Waals surface area contributed by atoms with E-state index in [2.05, 4.69) is 0 Å². The van der Waals surface area contributed by atoms with Crippen molar-refractivity contribution < 1.29 is 18.7 Å². The number of carbonyl (C=O) groups excluding carboxylic acids is 2. The molecule has 0 aromatic carbocycles. The summed E-state index contributed by atoms with van der Waals surface area (Å²) in [7, 11) is 1.52. The average Bonchev–Trinajstić information content (AvgIpc) is 3.30. The molecule has 2 saturated heterocycles. The van der Waals surface area contributed by atoms with Crippen molar-refractivity contribution in [1.29, 1.82) is 0 Å². The van der Waals surface area contributed by atoms with Gasteiger partial charge in [0.05, 0.1) is 7.11 Å². The van der Waals surface area contributed by atoms with Gasteiger partial charge in [-0.2, -0.15) is 0 Å². The third-order valence-corrected chi connectivity index (χ3v) is 5.02. The summed E-state index contributed by atoms with van der Waals surface area (Å²) in [6.07, 6.45) is 5.78. The zero-order chi connectivity index (χ0) is 16.9. The second-order valence-corrected chi connectivity index (χ2v) is 6.71. The molecule has 6 heteroatoms. The van der Waals surface area contributed by atoms with E-state index in [0.29, 0.717) is 30.6 Å². The van der Waals surface area contributed by atoms with Crippen LogP contribution in [0.25, 0.3) is 0 Å². The first kappa shape index (κ1) is 16.9. The van der Waals surface area contributed by atoms with Crippen LogP contribution in [0.2, 0.25) is 0 Å². The number of nitrogens with zero attached hydrogens (tertiary/aromatic N) is 2. The van der Waals surface area contributed by atoms with Crippen LogP contribution in [0.3, 0.4) is 0 Å². The first-order valence-corrected chi connectivity index (χ1v) is 8.88. The van der Waals surface area contributed by atoms with Crippen molar-refractivity contribution in [1.82, 2.24) is 9.80 Å². The summed E-state index contributed by atoms with van der Waals surface area (Å²) in [6, 6.07) is 3.31. The zero-order valence-electron chi connectivity index (χ0n) is 14.3. The van der Waals surface area contributed by atoms with Gasteiger partial charge in [0.25, 0.3) is 11.9 Å². The van der Waals surface area contributed by atoms with Gasteiger partial charge in [0.2, 0.25) is 5.91 Å². The molecule has 2 amide bonds. The molecule has 132 valence electrons. The van der Waals surface area contributed by atoms with E-state index in [1.807, 2.05) is 9.80 Å². The Balaban J connectivity index is 1.50. The molecule has 3 heterocycles. The number of carbonyl (C=O) groups is 2. The Labute approximate surface area is 142 Å². The predicted molar refractivity (Wildman–Crippen MR) is 88.9 cm³/mol. The highest BCUT2D eigenvalue weighted by atomic mass is 16.6. The zero-order valence-corrected chi connectivity index (χ0v) is 14.3. The van der Waals surface area contributed by atoms with E-state index in [1.54, 1.807) is 12.1 Å². The maximum Gasteiger partial charge on any atom is 0.289 e. The number of piperidine rings is 1. The largest absolute Gasteiger partial charge is 0.468 e. The van der Waals surface area contributed by atoms with E-state index in [4.69, 9.17) is 9.15 Å². The van der Waals surface area contributed by atoms with Crippen LogP contribution < -0.4 is 4.74 Å². The summed E-state index contributed by atoms with van der Waals surface area (Å²) in [4.78, 5) is 28.5. The first-order valence-electron chi connectivity index (χ1n) is 8.88. The summed E-state index contributed by atoms with van der Waals surface area (Å²) in [6.45, 7) is 3.27. The van der Waals surface area contributed by atoms with Crippen LogP contribution in [0.4, 0.5) is 0 Å². The van der Waals surface area contributed by atoms with Crippen molar-refractivity contribution in [3.8, 4) is 5.95 Å².